The number of hydrogen-bond acceptors (Lipinski definition) is 5. The van der Waals surface area contributed by atoms with Crippen LogP contribution in [0.4, 0.5) is 0 Å². The third-order valence-corrected chi connectivity index (χ3v) is 4.34. The third kappa shape index (κ3) is 3.69. The van der Waals surface area contributed by atoms with Crippen LogP contribution in [0.15, 0.2) is 23.1 Å². The zero-order valence-corrected chi connectivity index (χ0v) is 12.1. The molecule has 1 heterocycles. The molecule has 20 heavy (non-hydrogen) atoms. The van der Waals surface area contributed by atoms with Crippen LogP contribution in [0.1, 0.15) is 16.8 Å². The van der Waals surface area contributed by atoms with Crippen molar-refractivity contribution in [1.29, 1.82) is 0 Å². The van der Waals surface area contributed by atoms with Gasteiger partial charge in [-0.2, -0.15) is 0 Å². The summed E-state index contributed by atoms with van der Waals surface area (Å²) in [7, 11) is -3.98. The van der Waals surface area contributed by atoms with Gasteiger partial charge in [0.1, 0.15) is 4.90 Å². The van der Waals surface area contributed by atoms with Gasteiger partial charge in [-0.1, -0.05) is 11.6 Å². The first-order valence-electron chi connectivity index (χ1n) is 5.95. The second-order valence-electron chi connectivity index (χ2n) is 4.52. The number of ether oxygens (including phenoxy) is 2. The molecule has 1 atom stereocenters. The topological polar surface area (TPSA) is 95.7 Å². The van der Waals surface area contributed by atoms with Crippen LogP contribution < -0.4 is 5.14 Å². The van der Waals surface area contributed by atoms with E-state index in [0.29, 0.717) is 13.2 Å². The predicted octanol–water partition coefficient (Wildman–Crippen LogP) is 1.18. The Hall–Kier alpha value is -1.15. The van der Waals surface area contributed by atoms with Crippen molar-refractivity contribution in [1.82, 2.24) is 0 Å². The van der Waals surface area contributed by atoms with Gasteiger partial charge in [-0.05, 0) is 24.6 Å². The monoisotopic (exact) mass is 319 g/mol. The number of benzene rings is 1. The Labute approximate surface area is 121 Å². The molecule has 1 saturated heterocycles. The molecule has 2 rings (SSSR count). The second-order valence-corrected chi connectivity index (χ2v) is 6.46. The van der Waals surface area contributed by atoms with Gasteiger partial charge in [-0.15, -0.1) is 0 Å². The minimum atomic E-state index is -3.98. The van der Waals surface area contributed by atoms with Gasteiger partial charge in [0.05, 0.1) is 23.8 Å². The first kappa shape index (κ1) is 15.2. The largest absolute Gasteiger partial charge is 0.462 e. The molecule has 0 radical (unpaired) electrons. The molecule has 1 aliphatic rings. The Bertz CT molecular complexity index is 610. The molecule has 1 aromatic carbocycles. The molecule has 0 amide bonds. The molecule has 1 aromatic rings. The summed E-state index contributed by atoms with van der Waals surface area (Å²) in [6, 6.07) is 3.81. The van der Waals surface area contributed by atoms with Crippen LogP contribution >= 0.6 is 11.6 Å². The lowest BCUT2D eigenvalue weighted by Crippen LogP contribution is -2.16. The number of esters is 1. The molecular formula is C12H14ClNO5S. The fourth-order valence-corrected chi connectivity index (χ4v) is 2.91. The van der Waals surface area contributed by atoms with Gasteiger partial charge < -0.3 is 9.47 Å². The molecule has 0 spiro atoms. The molecule has 2 N–H and O–H groups in total. The van der Waals surface area contributed by atoms with E-state index in [1.807, 2.05) is 0 Å². The molecule has 1 fully saturated rings. The van der Waals surface area contributed by atoms with Gasteiger partial charge >= 0.3 is 5.97 Å². The lowest BCUT2D eigenvalue weighted by atomic mass is 10.1. The molecule has 0 saturated carbocycles. The van der Waals surface area contributed by atoms with Crippen molar-refractivity contribution in [2.45, 2.75) is 11.3 Å². The Morgan fingerprint density at radius 1 is 1.50 bits per heavy atom. The van der Waals surface area contributed by atoms with Crippen LogP contribution in [-0.2, 0) is 19.5 Å². The Morgan fingerprint density at radius 3 is 2.85 bits per heavy atom. The third-order valence-electron chi connectivity index (χ3n) is 2.95. The molecule has 6 nitrogen and oxygen atoms in total. The van der Waals surface area contributed by atoms with Gasteiger partial charge in [-0.25, -0.2) is 18.4 Å². The fraction of sp³-hybridized carbons (Fsp3) is 0.417. The summed E-state index contributed by atoms with van der Waals surface area (Å²) in [6.07, 6.45) is 0.844. The molecule has 0 aliphatic carbocycles. The average molecular weight is 320 g/mol. The SMILES string of the molecule is NS(=O)(=O)c1cc(C(=O)OCC2CCOC2)ccc1Cl. The van der Waals surface area contributed by atoms with E-state index in [4.69, 9.17) is 26.2 Å². The summed E-state index contributed by atoms with van der Waals surface area (Å²) < 4.78 is 32.9. The summed E-state index contributed by atoms with van der Waals surface area (Å²) in [4.78, 5) is 11.6. The van der Waals surface area contributed by atoms with E-state index in [1.54, 1.807) is 0 Å². The quantitative estimate of drug-likeness (QED) is 0.841. The van der Waals surface area contributed by atoms with Crippen molar-refractivity contribution in [2.24, 2.45) is 11.1 Å². The number of nitrogens with two attached hydrogens (primary N) is 1. The maximum atomic E-state index is 11.9. The second kappa shape index (κ2) is 6.09. The maximum absolute atomic E-state index is 11.9. The van der Waals surface area contributed by atoms with Crippen LogP contribution in [0.2, 0.25) is 5.02 Å². The number of hydrogen-bond donors (Lipinski definition) is 1. The number of halogens is 1. The van der Waals surface area contributed by atoms with E-state index in [0.717, 1.165) is 12.5 Å². The van der Waals surface area contributed by atoms with Crippen molar-refractivity contribution < 1.29 is 22.7 Å². The Morgan fingerprint density at radius 2 is 2.25 bits per heavy atom. The Kier molecular flexibility index (Phi) is 4.64. The van der Waals surface area contributed by atoms with Gasteiger partial charge in [0, 0.05) is 12.5 Å². The highest BCUT2D eigenvalue weighted by Crippen LogP contribution is 2.22. The van der Waals surface area contributed by atoms with Crippen LogP contribution in [0.25, 0.3) is 0 Å². The summed E-state index contributed by atoms with van der Waals surface area (Å²) in [5.74, 6) is -0.428. The van der Waals surface area contributed by atoms with E-state index in [9.17, 15) is 13.2 Å². The molecule has 8 heteroatoms. The molecule has 0 aromatic heterocycles. The van der Waals surface area contributed by atoms with E-state index in [2.05, 4.69) is 0 Å². The van der Waals surface area contributed by atoms with Crippen molar-refractivity contribution in [3.63, 3.8) is 0 Å². The van der Waals surface area contributed by atoms with Crippen molar-refractivity contribution in [3.05, 3.63) is 28.8 Å². The highest BCUT2D eigenvalue weighted by Gasteiger charge is 2.20. The number of primary sulfonamides is 1. The number of rotatable bonds is 4. The van der Waals surface area contributed by atoms with Crippen LogP contribution in [0, 0.1) is 5.92 Å². The first-order valence-corrected chi connectivity index (χ1v) is 7.87. The van der Waals surface area contributed by atoms with Crippen molar-refractivity contribution in [3.8, 4) is 0 Å². The van der Waals surface area contributed by atoms with Crippen LogP contribution in [0.5, 0.6) is 0 Å². The van der Waals surface area contributed by atoms with E-state index >= 15 is 0 Å². The minimum Gasteiger partial charge on any atom is -0.462 e. The molecule has 0 bridgehead atoms. The maximum Gasteiger partial charge on any atom is 0.338 e. The van der Waals surface area contributed by atoms with E-state index in [1.165, 1.54) is 12.1 Å². The van der Waals surface area contributed by atoms with Crippen molar-refractivity contribution in [2.75, 3.05) is 19.8 Å². The van der Waals surface area contributed by atoms with Gasteiger partial charge in [0.25, 0.3) is 0 Å². The normalized spacial score (nSPS) is 19.0. The van der Waals surface area contributed by atoms with E-state index in [-0.39, 0.29) is 28.0 Å². The molecule has 1 aliphatic heterocycles. The summed E-state index contributed by atoms with van der Waals surface area (Å²) >= 11 is 5.74. The zero-order chi connectivity index (χ0) is 14.8. The van der Waals surface area contributed by atoms with Gasteiger partial charge in [0.2, 0.25) is 10.0 Å². The molecule has 110 valence electrons. The number of sulfonamides is 1. The van der Waals surface area contributed by atoms with Crippen molar-refractivity contribution >= 4 is 27.6 Å². The summed E-state index contributed by atoms with van der Waals surface area (Å²) in [5.41, 5.74) is 0.0948. The highest BCUT2D eigenvalue weighted by molar-refractivity contribution is 7.89. The standard InChI is InChI=1S/C12H14ClNO5S/c13-10-2-1-9(5-11(10)20(14,16)17)12(15)19-7-8-3-4-18-6-8/h1-2,5,8H,3-4,6-7H2,(H2,14,16,17). The zero-order valence-electron chi connectivity index (χ0n) is 10.5. The van der Waals surface area contributed by atoms with Gasteiger partial charge in [0.15, 0.2) is 0 Å². The summed E-state index contributed by atoms with van der Waals surface area (Å²) in [6.45, 7) is 1.47. The lowest BCUT2D eigenvalue weighted by molar-refractivity contribution is 0.0428. The molecule has 1 unspecified atom stereocenters. The predicted molar refractivity (Wildman–Crippen MR) is 72.0 cm³/mol. The fourth-order valence-electron chi connectivity index (χ4n) is 1.84. The number of carbonyl (C=O) groups is 1. The smallest absolute Gasteiger partial charge is 0.338 e. The lowest BCUT2D eigenvalue weighted by Gasteiger charge is -2.10. The minimum absolute atomic E-state index is 0.0340. The number of carbonyl (C=O) groups excluding carboxylic acids is 1. The summed E-state index contributed by atoms with van der Waals surface area (Å²) in [5, 5.41) is 4.99. The average Bonchev–Trinajstić information content (AvgIpc) is 2.88. The van der Waals surface area contributed by atoms with Gasteiger partial charge in [-0.3, -0.25) is 0 Å². The van der Waals surface area contributed by atoms with E-state index < -0.39 is 16.0 Å². The van der Waals surface area contributed by atoms with Crippen LogP contribution in [0.3, 0.4) is 0 Å². The first-order chi connectivity index (χ1) is 9.38. The Balaban J connectivity index is 2.10. The molecular weight excluding hydrogens is 306 g/mol. The van der Waals surface area contributed by atoms with Crippen LogP contribution in [-0.4, -0.2) is 34.2 Å². The highest BCUT2D eigenvalue weighted by atomic mass is 35.5.